The van der Waals surface area contributed by atoms with Gasteiger partial charge in [-0.3, -0.25) is 0 Å². The molecule has 0 atom stereocenters. The van der Waals surface area contributed by atoms with E-state index in [1.54, 1.807) is 6.20 Å². The average molecular weight is 355 g/mol. The predicted octanol–water partition coefficient (Wildman–Crippen LogP) is 2.31. The summed E-state index contributed by atoms with van der Waals surface area (Å²) in [6.45, 7) is 3.58. The van der Waals surface area contributed by atoms with E-state index in [-0.39, 0.29) is 0 Å². The summed E-state index contributed by atoms with van der Waals surface area (Å²) in [7, 11) is 0. The zero-order valence-electron chi connectivity index (χ0n) is 9.92. The molecule has 0 N–H and O–H groups in total. The number of ether oxygens (including phenoxy) is 1. The minimum Gasteiger partial charge on any atom is -0.378 e. The van der Waals surface area contributed by atoms with Crippen LogP contribution in [0.25, 0.3) is 5.69 Å². The number of hydrogen-bond acceptors (Lipinski definition) is 3. The first-order chi connectivity index (χ1) is 8.84. The summed E-state index contributed by atoms with van der Waals surface area (Å²) in [6, 6.07) is 6.50. The van der Waals surface area contributed by atoms with E-state index in [0.29, 0.717) is 0 Å². The number of hydrogen-bond donors (Lipinski definition) is 0. The Bertz CT molecular complexity index is 521. The second-order valence-electron chi connectivity index (χ2n) is 4.21. The SMILES string of the molecule is Ic1cc(-n2ccnc2)ccc1N1CCOCC1. The predicted molar refractivity (Wildman–Crippen MR) is 79.3 cm³/mol. The van der Waals surface area contributed by atoms with Crippen LogP contribution in [0.5, 0.6) is 0 Å². The van der Waals surface area contributed by atoms with Crippen LogP contribution >= 0.6 is 22.6 Å². The molecule has 1 aromatic heterocycles. The second kappa shape index (κ2) is 5.27. The fraction of sp³-hybridized carbons (Fsp3) is 0.308. The Morgan fingerprint density at radius 2 is 2.06 bits per heavy atom. The van der Waals surface area contributed by atoms with Gasteiger partial charge in [0.25, 0.3) is 0 Å². The molecular weight excluding hydrogens is 341 g/mol. The number of anilines is 1. The van der Waals surface area contributed by atoms with Crippen LogP contribution in [-0.4, -0.2) is 35.9 Å². The van der Waals surface area contributed by atoms with Gasteiger partial charge < -0.3 is 14.2 Å². The standard InChI is InChI=1S/C13H14IN3O/c14-12-9-11(17-4-3-15-10-17)1-2-13(12)16-5-7-18-8-6-16/h1-4,9-10H,5-8H2. The minimum absolute atomic E-state index is 0.819. The lowest BCUT2D eigenvalue weighted by Gasteiger charge is -2.29. The molecule has 0 bridgehead atoms. The van der Waals surface area contributed by atoms with Crippen molar-refractivity contribution < 1.29 is 4.74 Å². The van der Waals surface area contributed by atoms with E-state index in [1.165, 1.54) is 9.26 Å². The highest BCUT2D eigenvalue weighted by Crippen LogP contribution is 2.25. The van der Waals surface area contributed by atoms with Crippen LogP contribution in [-0.2, 0) is 4.74 Å². The maximum atomic E-state index is 5.39. The third-order valence-electron chi connectivity index (χ3n) is 3.09. The number of aromatic nitrogens is 2. The number of imidazole rings is 1. The van der Waals surface area contributed by atoms with Crippen LogP contribution in [0.4, 0.5) is 5.69 Å². The van der Waals surface area contributed by atoms with Crippen molar-refractivity contribution in [1.82, 2.24) is 9.55 Å². The molecule has 0 unspecified atom stereocenters. The maximum absolute atomic E-state index is 5.39. The maximum Gasteiger partial charge on any atom is 0.0991 e. The zero-order chi connectivity index (χ0) is 12.4. The highest BCUT2D eigenvalue weighted by Gasteiger charge is 2.14. The van der Waals surface area contributed by atoms with E-state index in [4.69, 9.17) is 4.74 Å². The van der Waals surface area contributed by atoms with E-state index < -0.39 is 0 Å². The number of halogens is 1. The number of nitrogens with zero attached hydrogens (tertiary/aromatic N) is 3. The number of rotatable bonds is 2. The van der Waals surface area contributed by atoms with Gasteiger partial charge in [-0.15, -0.1) is 0 Å². The number of morpholine rings is 1. The van der Waals surface area contributed by atoms with Gasteiger partial charge >= 0.3 is 0 Å². The molecule has 0 amide bonds. The molecule has 1 aliphatic rings. The van der Waals surface area contributed by atoms with Crippen molar-refractivity contribution in [3.63, 3.8) is 0 Å². The van der Waals surface area contributed by atoms with Gasteiger partial charge in [-0.1, -0.05) is 0 Å². The second-order valence-corrected chi connectivity index (χ2v) is 5.37. The molecule has 2 aromatic rings. The first-order valence-electron chi connectivity index (χ1n) is 5.95. The Labute approximate surface area is 120 Å². The highest BCUT2D eigenvalue weighted by molar-refractivity contribution is 14.1. The fourth-order valence-corrected chi connectivity index (χ4v) is 2.97. The van der Waals surface area contributed by atoms with Crippen LogP contribution in [0.15, 0.2) is 36.9 Å². The summed E-state index contributed by atoms with van der Waals surface area (Å²) >= 11 is 2.40. The molecule has 0 radical (unpaired) electrons. The minimum atomic E-state index is 0.819. The molecule has 1 aliphatic heterocycles. The molecule has 18 heavy (non-hydrogen) atoms. The topological polar surface area (TPSA) is 30.3 Å². The van der Waals surface area contributed by atoms with Gasteiger partial charge in [-0.2, -0.15) is 0 Å². The molecule has 0 aliphatic carbocycles. The van der Waals surface area contributed by atoms with Crippen molar-refractivity contribution in [2.24, 2.45) is 0 Å². The van der Waals surface area contributed by atoms with Gasteiger partial charge in [-0.25, -0.2) is 4.98 Å². The Kier molecular flexibility index (Phi) is 3.51. The quantitative estimate of drug-likeness (QED) is 0.775. The molecule has 5 heteroatoms. The molecular formula is C13H14IN3O. The lowest BCUT2D eigenvalue weighted by atomic mass is 10.2. The first kappa shape index (κ1) is 12.0. The van der Waals surface area contributed by atoms with Crippen LogP contribution in [0.3, 0.4) is 0 Å². The normalized spacial score (nSPS) is 15.9. The van der Waals surface area contributed by atoms with Gasteiger partial charge in [0.15, 0.2) is 0 Å². The first-order valence-corrected chi connectivity index (χ1v) is 7.03. The summed E-state index contributed by atoms with van der Waals surface area (Å²) in [5.74, 6) is 0. The summed E-state index contributed by atoms with van der Waals surface area (Å²) in [6.07, 6.45) is 5.57. The largest absolute Gasteiger partial charge is 0.378 e. The van der Waals surface area contributed by atoms with Gasteiger partial charge in [0.1, 0.15) is 0 Å². The van der Waals surface area contributed by atoms with Crippen LogP contribution in [0.1, 0.15) is 0 Å². The third kappa shape index (κ3) is 2.37. The molecule has 94 valence electrons. The van der Waals surface area contributed by atoms with Gasteiger partial charge in [0.2, 0.25) is 0 Å². The third-order valence-corrected chi connectivity index (χ3v) is 3.95. The fourth-order valence-electron chi connectivity index (χ4n) is 2.13. The molecule has 1 fully saturated rings. The Balaban J connectivity index is 1.89. The van der Waals surface area contributed by atoms with Gasteiger partial charge in [0.05, 0.1) is 25.2 Å². The summed E-state index contributed by atoms with van der Waals surface area (Å²) < 4.78 is 8.67. The van der Waals surface area contributed by atoms with Crippen molar-refractivity contribution in [3.8, 4) is 5.69 Å². The summed E-state index contributed by atoms with van der Waals surface area (Å²) in [5.41, 5.74) is 2.44. The molecule has 2 heterocycles. The molecule has 4 nitrogen and oxygen atoms in total. The number of benzene rings is 1. The van der Waals surface area contributed by atoms with Crippen LogP contribution in [0, 0.1) is 3.57 Å². The molecule has 0 spiro atoms. The van der Waals surface area contributed by atoms with Crippen molar-refractivity contribution in [1.29, 1.82) is 0 Å². The Hall–Kier alpha value is -1.08. The summed E-state index contributed by atoms with van der Waals surface area (Å²) in [4.78, 5) is 6.45. The van der Waals surface area contributed by atoms with Crippen molar-refractivity contribution in [3.05, 3.63) is 40.5 Å². The van der Waals surface area contributed by atoms with E-state index >= 15 is 0 Å². The molecule has 3 rings (SSSR count). The Morgan fingerprint density at radius 3 is 2.72 bits per heavy atom. The lowest BCUT2D eigenvalue weighted by Crippen LogP contribution is -2.36. The van der Waals surface area contributed by atoms with E-state index in [1.807, 2.05) is 17.1 Å². The van der Waals surface area contributed by atoms with Crippen molar-refractivity contribution in [2.75, 3.05) is 31.2 Å². The molecule has 1 saturated heterocycles. The smallest absolute Gasteiger partial charge is 0.0991 e. The highest BCUT2D eigenvalue weighted by atomic mass is 127. The van der Waals surface area contributed by atoms with Crippen molar-refractivity contribution in [2.45, 2.75) is 0 Å². The van der Waals surface area contributed by atoms with E-state index in [9.17, 15) is 0 Å². The lowest BCUT2D eigenvalue weighted by molar-refractivity contribution is 0.122. The van der Waals surface area contributed by atoms with E-state index in [2.05, 4.69) is 50.7 Å². The summed E-state index contributed by atoms with van der Waals surface area (Å²) in [5, 5.41) is 0. The molecule has 0 saturated carbocycles. The Morgan fingerprint density at radius 1 is 1.22 bits per heavy atom. The zero-order valence-corrected chi connectivity index (χ0v) is 12.1. The van der Waals surface area contributed by atoms with E-state index in [0.717, 1.165) is 32.0 Å². The van der Waals surface area contributed by atoms with Gasteiger partial charge in [-0.05, 0) is 40.8 Å². The van der Waals surface area contributed by atoms with Crippen LogP contribution in [0.2, 0.25) is 0 Å². The average Bonchev–Trinajstić information content (AvgIpc) is 2.93. The monoisotopic (exact) mass is 355 g/mol. The van der Waals surface area contributed by atoms with Gasteiger partial charge in [0, 0.05) is 34.7 Å². The van der Waals surface area contributed by atoms with Crippen LogP contribution < -0.4 is 4.90 Å². The van der Waals surface area contributed by atoms with Crippen molar-refractivity contribution >= 4 is 28.3 Å². The molecule has 1 aromatic carbocycles.